The van der Waals surface area contributed by atoms with Crippen LogP contribution in [0, 0.1) is 0 Å². The Morgan fingerprint density at radius 1 is 1.47 bits per heavy atom. The van der Waals surface area contributed by atoms with Gasteiger partial charge in [0.1, 0.15) is 5.82 Å². The lowest BCUT2D eigenvalue weighted by atomic mass is 10.3. The van der Waals surface area contributed by atoms with Gasteiger partial charge in [0.25, 0.3) is 0 Å². The van der Waals surface area contributed by atoms with Crippen LogP contribution in [0.15, 0.2) is 24.3 Å². The predicted octanol–water partition coefficient (Wildman–Crippen LogP) is 1.76. The molecule has 0 aliphatic carbocycles. The largest absolute Gasteiger partial charge is 0.347 e. The molecule has 0 saturated carbocycles. The minimum absolute atomic E-state index is 0.0528. The van der Waals surface area contributed by atoms with Gasteiger partial charge in [0.05, 0.1) is 17.1 Å². The highest BCUT2D eigenvalue weighted by Gasteiger charge is 2.10. The summed E-state index contributed by atoms with van der Waals surface area (Å²) in [5.41, 5.74) is 1.91. The number of hydrogen-bond acceptors (Lipinski definition) is 2. The Morgan fingerprint density at radius 2 is 2.20 bits per heavy atom. The zero-order chi connectivity index (χ0) is 10.8. The lowest BCUT2D eigenvalue weighted by molar-refractivity contribution is -0.119. The highest BCUT2D eigenvalue weighted by molar-refractivity contribution is 5.76. The third-order valence-electron chi connectivity index (χ3n) is 2.24. The first kappa shape index (κ1) is 9.71. The fourth-order valence-electron chi connectivity index (χ4n) is 1.55. The number of carbonyl (C=O) groups is 1. The van der Waals surface area contributed by atoms with E-state index >= 15 is 0 Å². The fraction of sp³-hybridized carbons (Fsp3) is 0.273. The molecule has 0 aliphatic heterocycles. The average molecular weight is 203 g/mol. The number of nitrogens with one attached hydrogen (secondary N) is 2. The molecular formula is C11H13N3O. The van der Waals surface area contributed by atoms with Crippen LogP contribution in [-0.4, -0.2) is 15.9 Å². The van der Waals surface area contributed by atoms with E-state index in [1.165, 1.54) is 6.92 Å². The van der Waals surface area contributed by atoms with Crippen molar-refractivity contribution in [1.29, 1.82) is 0 Å². The molecule has 1 atom stereocenters. The van der Waals surface area contributed by atoms with Gasteiger partial charge in [-0.15, -0.1) is 0 Å². The fourth-order valence-corrected chi connectivity index (χ4v) is 1.55. The van der Waals surface area contributed by atoms with E-state index in [9.17, 15) is 4.79 Å². The predicted molar refractivity (Wildman–Crippen MR) is 58.3 cm³/mol. The third-order valence-corrected chi connectivity index (χ3v) is 2.24. The zero-order valence-electron chi connectivity index (χ0n) is 8.74. The Bertz CT molecular complexity index is 456. The Hall–Kier alpha value is -1.84. The van der Waals surface area contributed by atoms with Crippen molar-refractivity contribution < 1.29 is 4.79 Å². The monoisotopic (exact) mass is 203 g/mol. The molecule has 4 nitrogen and oxygen atoms in total. The standard InChI is InChI=1S/C11H13N3O/c1-7(12-8(2)15)11-13-9-5-3-4-6-10(9)14-11/h3-7H,1-2H3,(H,12,15)(H,13,14). The van der Waals surface area contributed by atoms with Crippen molar-refractivity contribution in [2.45, 2.75) is 19.9 Å². The van der Waals surface area contributed by atoms with Gasteiger partial charge in [-0.1, -0.05) is 12.1 Å². The van der Waals surface area contributed by atoms with Crippen molar-refractivity contribution >= 4 is 16.9 Å². The lowest BCUT2D eigenvalue weighted by Gasteiger charge is -2.08. The maximum atomic E-state index is 10.9. The number of imidazole rings is 1. The molecule has 0 radical (unpaired) electrons. The molecule has 4 heteroatoms. The van der Waals surface area contributed by atoms with E-state index in [0.717, 1.165) is 16.9 Å². The summed E-state index contributed by atoms with van der Waals surface area (Å²) in [5, 5.41) is 2.79. The SMILES string of the molecule is CC(=O)NC(C)c1nc2ccccc2[nH]1. The zero-order valence-corrected chi connectivity index (χ0v) is 8.74. The number of para-hydroxylation sites is 2. The number of benzene rings is 1. The van der Waals surface area contributed by atoms with Crippen molar-refractivity contribution in [3.8, 4) is 0 Å². The first-order chi connectivity index (χ1) is 7.16. The highest BCUT2D eigenvalue weighted by atomic mass is 16.1. The number of rotatable bonds is 2. The summed E-state index contributed by atoms with van der Waals surface area (Å²) in [6, 6.07) is 7.71. The van der Waals surface area contributed by atoms with Crippen LogP contribution in [0.25, 0.3) is 11.0 Å². The number of aromatic nitrogens is 2. The van der Waals surface area contributed by atoms with Gasteiger partial charge in [0.15, 0.2) is 0 Å². The topological polar surface area (TPSA) is 57.8 Å². The molecule has 2 rings (SSSR count). The van der Waals surface area contributed by atoms with Crippen LogP contribution < -0.4 is 5.32 Å². The minimum Gasteiger partial charge on any atom is -0.347 e. The molecule has 0 spiro atoms. The summed E-state index contributed by atoms with van der Waals surface area (Å²) >= 11 is 0. The van der Waals surface area contributed by atoms with Crippen molar-refractivity contribution in [1.82, 2.24) is 15.3 Å². The summed E-state index contributed by atoms with van der Waals surface area (Å²) in [7, 11) is 0. The molecular weight excluding hydrogens is 190 g/mol. The van der Waals surface area contributed by atoms with Crippen LogP contribution in [-0.2, 0) is 4.79 Å². The number of nitrogens with zero attached hydrogens (tertiary/aromatic N) is 1. The first-order valence-electron chi connectivity index (χ1n) is 4.88. The van der Waals surface area contributed by atoms with Gasteiger partial charge in [0.2, 0.25) is 5.91 Å². The van der Waals surface area contributed by atoms with Crippen LogP contribution in [0.5, 0.6) is 0 Å². The molecule has 1 aromatic carbocycles. The first-order valence-corrected chi connectivity index (χ1v) is 4.88. The molecule has 1 amide bonds. The van der Waals surface area contributed by atoms with Crippen molar-refractivity contribution in [3.63, 3.8) is 0 Å². The molecule has 78 valence electrons. The number of fused-ring (bicyclic) bond motifs is 1. The molecule has 0 aliphatic rings. The number of hydrogen-bond donors (Lipinski definition) is 2. The molecule has 1 heterocycles. The number of amides is 1. The Balaban J connectivity index is 2.32. The second-order valence-electron chi connectivity index (χ2n) is 3.56. The third kappa shape index (κ3) is 1.98. The van der Waals surface area contributed by atoms with E-state index in [1.807, 2.05) is 31.2 Å². The summed E-state index contributed by atoms with van der Waals surface area (Å²) < 4.78 is 0. The quantitative estimate of drug-likeness (QED) is 0.781. The van der Waals surface area contributed by atoms with Gasteiger partial charge in [0, 0.05) is 6.92 Å². The number of aromatic amines is 1. The number of H-pyrrole nitrogens is 1. The molecule has 2 N–H and O–H groups in total. The molecule has 0 fully saturated rings. The molecule has 0 bridgehead atoms. The van der Waals surface area contributed by atoms with Gasteiger partial charge in [-0.3, -0.25) is 4.79 Å². The van der Waals surface area contributed by atoms with E-state index in [2.05, 4.69) is 15.3 Å². The van der Waals surface area contributed by atoms with Crippen LogP contribution in [0.4, 0.5) is 0 Å². The second kappa shape index (κ2) is 3.73. The van der Waals surface area contributed by atoms with Gasteiger partial charge in [-0.05, 0) is 19.1 Å². The van der Waals surface area contributed by atoms with E-state index in [1.54, 1.807) is 0 Å². The molecule has 1 aromatic heterocycles. The lowest BCUT2D eigenvalue weighted by Crippen LogP contribution is -2.24. The smallest absolute Gasteiger partial charge is 0.217 e. The van der Waals surface area contributed by atoms with Gasteiger partial charge in [-0.2, -0.15) is 0 Å². The summed E-state index contributed by atoms with van der Waals surface area (Å²) in [4.78, 5) is 18.5. The van der Waals surface area contributed by atoms with Crippen LogP contribution in [0.3, 0.4) is 0 Å². The maximum absolute atomic E-state index is 10.9. The average Bonchev–Trinajstić information content (AvgIpc) is 2.59. The Kier molecular flexibility index (Phi) is 2.41. The normalized spacial score (nSPS) is 12.7. The van der Waals surface area contributed by atoms with Crippen LogP contribution >= 0.6 is 0 Å². The summed E-state index contributed by atoms with van der Waals surface area (Å²) in [5.74, 6) is 0.731. The molecule has 15 heavy (non-hydrogen) atoms. The molecule has 2 aromatic rings. The van der Waals surface area contributed by atoms with Gasteiger partial charge in [-0.25, -0.2) is 4.98 Å². The second-order valence-corrected chi connectivity index (χ2v) is 3.56. The van der Waals surface area contributed by atoms with E-state index < -0.39 is 0 Å². The van der Waals surface area contributed by atoms with Crippen molar-refractivity contribution in [2.75, 3.05) is 0 Å². The maximum Gasteiger partial charge on any atom is 0.217 e. The van der Waals surface area contributed by atoms with E-state index in [-0.39, 0.29) is 11.9 Å². The minimum atomic E-state index is -0.0881. The van der Waals surface area contributed by atoms with Crippen LogP contribution in [0.1, 0.15) is 25.7 Å². The molecule has 1 unspecified atom stereocenters. The van der Waals surface area contributed by atoms with Gasteiger partial charge < -0.3 is 10.3 Å². The number of carbonyl (C=O) groups excluding carboxylic acids is 1. The van der Waals surface area contributed by atoms with Crippen molar-refractivity contribution in [2.24, 2.45) is 0 Å². The van der Waals surface area contributed by atoms with Crippen LogP contribution in [0.2, 0.25) is 0 Å². The highest BCUT2D eigenvalue weighted by Crippen LogP contribution is 2.15. The summed E-state index contributed by atoms with van der Waals surface area (Å²) in [6.45, 7) is 3.40. The molecule has 0 saturated heterocycles. The van der Waals surface area contributed by atoms with Gasteiger partial charge >= 0.3 is 0 Å². The Labute approximate surface area is 87.7 Å². The summed E-state index contributed by atoms with van der Waals surface area (Å²) in [6.07, 6.45) is 0. The van der Waals surface area contributed by atoms with E-state index in [0.29, 0.717) is 0 Å². The Morgan fingerprint density at radius 3 is 2.87 bits per heavy atom. The van der Waals surface area contributed by atoms with Crippen molar-refractivity contribution in [3.05, 3.63) is 30.1 Å². The van der Waals surface area contributed by atoms with E-state index in [4.69, 9.17) is 0 Å².